The standard InChI is InChI=1S/C16H23ClN4/c1-12(17)16-18-14-6-4-5-7-15(14)21(16)11-13-10-19(2)8-9-20(13)3/h4-7,12-13H,8-11H2,1-3H3. The summed E-state index contributed by atoms with van der Waals surface area (Å²) in [4.78, 5) is 9.56. The van der Waals surface area contributed by atoms with Crippen molar-refractivity contribution >= 4 is 22.6 Å². The van der Waals surface area contributed by atoms with Gasteiger partial charge in [0.2, 0.25) is 0 Å². The summed E-state index contributed by atoms with van der Waals surface area (Å²) in [5.74, 6) is 0.972. The fourth-order valence-corrected chi connectivity index (χ4v) is 3.27. The Hall–Kier alpha value is -1.10. The summed E-state index contributed by atoms with van der Waals surface area (Å²) in [7, 11) is 4.40. The van der Waals surface area contributed by atoms with Crippen LogP contribution in [-0.2, 0) is 6.54 Å². The number of likely N-dealkylation sites (N-methyl/N-ethyl adjacent to an activating group) is 2. The van der Waals surface area contributed by atoms with Gasteiger partial charge in [-0.25, -0.2) is 4.98 Å². The molecule has 0 saturated carbocycles. The van der Waals surface area contributed by atoms with Crippen molar-refractivity contribution in [1.82, 2.24) is 19.4 Å². The first kappa shape index (κ1) is 14.8. The van der Waals surface area contributed by atoms with Gasteiger partial charge in [0.05, 0.1) is 16.4 Å². The van der Waals surface area contributed by atoms with Gasteiger partial charge in [-0.15, -0.1) is 11.6 Å². The third-order valence-corrected chi connectivity index (χ3v) is 4.61. The Bertz CT molecular complexity index is 622. The van der Waals surface area contributed by atoms with Crippen molar-refractivity contribution in [2.24, 2.45) is 0 Å². The lowest BCUT2D eigenvalue weighted by atomic mass is 10.2. The molecule has 2 heterocycles. The minimum atomic E-state index is -0.0796. The number of benzene rings is 1. The van der Waals surface area contributed by atoms with Crippen LogP contribution in [0.3, 0.4) is 0 Å². The van der Waals surface area contributed by atoms with E-state index < -0.39 is 0 Å². The Balaban J connectivity index is 1.96. The lowest BCUT2D eigenvalue weighted by Crippen LogP contribution is -2.51. The predicted molar refractivity (Wildman–Crippen MR) is 87.9 cm³/mol. The fourth-order valence-electron chi connectivity index (χ4n) is 3.10. The van der Waals surface area contributed by atoms with Crippen LogP contribution in [0.15, 0.2) is 24.3 Å². The van der Waals surface area contributed by atoms with Crippen LogP contribution < -0.4 is 0 Å². The average molecular weight is 307 g/mol. The van der Waals surface area contributed by atoms with Gasteiger partial charge in [0.15, 0.2) is 0 Å². The van der Waals surface area contributed by atoms with Gasteiger partial charge in [-0.1, -0.05) is 12.1 Å². The monoisotopic (exact) mass is 306 g/mol. The maximum absolute atomic E-state index is 6.36. The summed E-state index contributed by atoms with van der Waals surface area (Å²) in [5, 5.41) is -0.0796. The number of rotatable bonds is 3. The van der Waals surface area contributed by atoms with Gasteiger partial charge in [-0.2, -0.15) is 0 Å². The average Bonchev–Trinajstić information content (AvgIpc) is 2.82. The van der Waals surface area contributed by atoms with Gasteiger partial charge in [0, 0.05) is 32.2 Å². The Morgan fingerprint density at radius 3 is 2.81 bits per heavy atom. The van der Waals surface area contributed by atoms with Crippen molar-refractivity contribution in [3.8, 4) is 0 Å². The highest BCUT2D eigenvalue weighted by Gasteiger charge is 2.25. The third-order valence-electron chi connectivity index (χ3n) is 4.41. The van der Waals surface area contributed by atoms with Crippen LogP contribution >= 0.6 is 11.6 Å². The molecule has 1 fully saturated rings. The number of alkyl halides is 1. The smallest absolute Gasteiger partial charge is 0.127 e. The van der Waals surface area contributed by atoms with Crippen LogP contribution in [0.25, 0.3) is 11.0 Å². The molecule has 0 N–H and O–H groups in total. The topological polar surface area (TPSA) is 24.3 Å². The zero-order valence-corrected chi connectivity index (χ0v) is 13.7. The SMILES string of the molecule is CC(Cl)c1nc2ccccc2n1CC1CN(C)CCN1C. The molecule has 1 aromatic heterocycles. The molecular formula is C16H23ClN4. The van der Waals surface area contributed by atoms with E-state index in [1.165, 1.54) is 5.52 Å². The molecule has 2 unspecified atom stereocenters. The number of para-hydroxylation sites is 2. The van der Waals surface area contributed by atoms with Gasteiger partial charge in [0.25, 0.3) is 0 Å². The summed E-state index contributed by atoms with van der Waals surface area (Å²) in [6.07, 6.45) is 0. The first-order valence-electron chi connectivity index (χ1n) is 7.54. The van der Waals surface area contributed by atoms with Crippen LogP contribution in [0, 0.1) is 0 Å². The minimum absolute atomic E-state index is 0.0796. The highest BCUT2D eigenvalue weighted by atomic mass is 35.5. The molecule has 114 valence electrons. The predicted octanol–water partition coefficient (Wildman–Crippen LogP) is 2.58. The molecule has 2 aromatic rings. The molecule has 1 aliphatic heterocycles. The van der Waals surface area contributed by atoms with Crippen molar-refractivity contribution < 1.29 is 0 Å². The van der Waals surface area contributed by atoms with E-state index >= 15 is 0 Å². The van der Waals surface area contributed by atoms with Crippen LogP contribution in [-0.4, -0.2) is 59.1 Å². The number of aromatic nitrogens is 2. The zero-order chi connectivity index (χ0) is 15.0. The molecule has 0 bridgehead atoms. The molecule has 4 nitrogen and oxygen atoms in total. The number of halogens is 1. The summed E-state index contributed by atoms with van der Waals surface area (Å²) in [6.45, 7) is 6.26. The molecule has 0 amide bonds. The Labute approximate surface area is 131 Å². The van der Waals surface area contributed by atoms with Crippen molar-refractivity contribution in [3.63, 3.8) is 0 Å². The highest BCUT2D eigenvalue weighted by Crippen LogP contribution is 2.25. The van der Waals surface area contributed by atoms with Gasteiger partial charge in [-0.3, -0.25) is 4.90 Å². The summed E-state index contributed by atoms with van der Waals surface area (Å²) in [6, 6.07) is 8.79. The van der Waals surface area contributed by atoms with E-state index in [2.05, 4.69) is 46.7 Å². The summed E-state index contributed by atoms with van der Waals surface area (Å²) in [5.41, 5.74) is 2.22. The van der Waals surface area contributed by atoms with E-state index in [9.17, 15) is 0 Å². The van der Waals surface area contributed by atoms with Crippen molar-refractivity contribution in [3.05, 3.63) is 30.1 Å². The Morgan fingerprint density at radius 2 is 2.05 bits per heavy atom. The second-order valence-corrected chi connectivity index (χ2v) is 6.74. The maximum Gasteiger partial charge on any atom is 0.127 e. The van der Waals surface area contributed by atoms with Gasteiger partial charge >= 0.3 is 0 Å². The maximum atomic E-state index is 6.36. The van der Waals surface area contributed by atoms with Crippen LogP contribution in [0.5, 0.6) is 0 Å². The molecular weight excluding hydrogens is 284 g/mol. The van der Waals surface area contributed by atoms with Crippen molar-refractivity contribution in [2.45, 2.75) is 24.9 Å². The third kappa shape index (κ3) is 2.93. The van der Waals surface area contributed by atoms with Crippen molar-refractivity contribution in [2.75, 3.05) is 33.7 Å². The number of hydrogen-bond acceptors (Lipinski definition) is 3. The number of piperazine rings is 1. The fraction of sp³-hybridized carbons (Fsp3) is 0.562. The molecule has 0 aliphatic carbocycles. The Kier molecular flexibility index (Phi) is 4.20. The lowest BCUT2D eigenvalue weighted by molar-refractivity contribution is 0.103. The largest absolute Gasteiger partial charge is 0.325 e. The van der Waals surface area contributed by atoms with Gasteiger partial charge in [0.1, 0.15) is 5.82 Å². The molecule has 1 saturated heterocycles. The normalized spacial score (nSPS) is 22.8. The first-order valence-corrected chi connectivity index (χ1v) is 7.98. The van der Waals surface area contributed by atoms with Crippen molar-refractivity contribution in [1.29, 1.82) is 0 Å². The molecule has 0 spiro atoms. The second kappa shape index (κ2) is 5.95. The number of hydrogen-bond donors (Lipinski definition) is 0. The van der Waals surface area contributed by atoms with Gasteiger partial charge < -0.3 is 9.47 Å². The number of imidazole rings is 1. The van der Waals surface area contributed by atoms with Gasteiger partial charge in [-0.05, 0) is 33.2 Å². The summed E-state index contributed by atoms with van der Waals surface area (Å²) >= 11 is 6.36. The van der Waals surface area contributed by atoms with E-state index in [0.29, 0.717) is 6.04 Å². The quantitative estimate of drug-likeness (QED) is 0.815. The molecule has 21 heavy (non-hydrogen) atoms. The Morgan fingerprint density at radius 1 is 1.29 bits per heavy atom. The van der Waals surface area contributed by atoms with E-state index in [0.717, 1.165) is 37.5 Å². The zero-order valence-electron chi connectivity index (χ0n) is 13.0. The molecule has 5 heteroatoms. The highest BCUT2D eigenvalue weighted by molar-refractivity contribution is 6.20. The van der Waals surface area contributed by atoms with Crippen LogP contribution in [0.2, 0.25) is 0 Å². The van der Waals surface area contributed by atoms with Crippen LogP contribution in [0.1, 0.15) is 18.1 Å². The molecule has 0 radical (unpaired) electrons. The molecule has 3 rings (SSSR count). The first-order chi connectivity index (χ1) is 10.1. The number of fused-ring (bicyclic) bond motifs is 1. The second-order valence-electron chi connectivity index (χ2n) is 6.08. The van der Waals surface area contributed by atoms with E-state index in [4.69, 9.17) is 16.6 Å². The van der Waals surface area contributed by atoms with E-state index in [-0.39, 0.29) is 5.38 Å². The minimum Gasteiger partial charge on any atom is -0.325 e. The lowest BCUT2D eigenvalue weighted by Gasteiger charge is -2.38. The molecule has 1 aliphatic rings. The van der Waals surface area contributed by atoms with E-state index in [1.54, 1.807) is 0 Å². The van der Waals surface area contributed by atoms with Crippen LogP contribution in [0.4, 0.5) is 0 Å². The van der Waals surface area contributed by atoms with E-state index in [1.807, 2.05) is 13.0 Å². The molecule has 1 aromatic carbocycles. The summed E-state index contributed by atoms with van der Waals surface area (Å²) < 4.78 is 2.30. The number of nitrogens with zero attached hydrogens (tertiary/aromatic N) is 4. The molecule has 2 atom stereocenters.